The van der Waals surface area contributed by atoms with E-state index in [1.54, 1.807) is 26.4 Å². The minimum Gasteiger partial charge on any atom is -0.496 e. The molecule has 0 aliphatic heterocycles. The number of allylic oxidation sites excluding steroid dienone is 1. The maximum absolute atomic E-state index is 9.54. The average Bonchev–Trinajstić information content (AvgIpc) is 3.03. The standard InChI is InChI=1S/C18H14BrN3O2/c1-23-16-9-17(24-2)13(19)8-11(16)7-12(10-20)18-21-14-5-3-4-6-15(14)22-18/h3-9H,1-2H3,(H,21,22)/b12-7-. The van der Waals surface area contributed by atoms with Gasteiger partial charge in [-0.05, 0) is 40.2 Å². The number of nitrogens with one attached hydrogen (secondary N) is 1. The van der Waals surface area contributed by atoms with Crippen molar-refractivity contribution in [1.29, 1.82) is 5.26 Å². The zero-order chi connectivity index (χ0) is 17.1. The number of H-pyrrole nitrogens is 1. The molecule has 0 atom stereocenters. The summed E-state index contributed by atoms with van der Waals surface area (Å²) in [5.74, 6) is 1.79. The number of halogens is 1. The first kappa shape index (κ1) is 16.1. The molecule has 1 aromatic heterocycles. The lowest BCUT2D eigenvalue weighted by atomic mass is 10.1. The van der Waals surface area contributed by atoms with E-state index in [9.17, 15) is 5.26 Å². The average molecular weight is 384 g/mol. The van der Waals surface area contributed by atoms with E-state index in [0.29, 0.717) is 22.9 Å². The molecule has 1 N–H and O–H groups in total. The number of hydrogen-bond donors (Lipinski definition) is 1. The summed E-state index contributed by atoms with van der Waals surface area (Å²) in [5, 5.41) is 9.54. The molecular weight excluding hydrogens is 370 g/mol. The van der Waals surface area contributed by atoms with Gasteiger partial charge < -0.3 is 14.5 Å². The summed E-state index contributed by atoms with van der Waals surface area (Å²) < 4.78 is 11.4. The minimum absolute atomic E-state index is 0.418. The predicted molar refractivity (Wildman–Crippen MR) is 96.8 cm³/mol. The second kappa shape index (κ2) is 6.77. The molecule has 6 heteroatoms. The summed E-state index contributed by atoms with van der Waals surface area (Å²) in [4.78, 5) is 7.63. The van der Waals surface area contributed by atoms with Gasteiger partial charge in [0, 0.05) is 11.6 Å². The first-order chi connectivity index (χ1) is 11.7. The van der Waals surface area contributed by atoms with Crippen LogP contribution in [0.25, 0.3) is 22.7 Å². The summed E-state index contributed by atoms with van der Waals surface area (Å²) in [5.41, 5.74) is 2.87. The number of ether oxygens (including phenoxy) is 2. The monoisotopic (exact) mass is 383 g/mol. The van der Waals surface area contributed by atoms with Gasteiger partial charge in [0.1, 0.15) is 23.4 Å². The summed E-state index contributed by atoms with van der Waals surface area (Å²) in [6.07, 6.45) is 1.74. The van der Waals surface area contributed by atoms with Crippen LogP contribution in [-0.2, 0) is 0 Å². The topological polar surface area (TPSA) is 70.9 Å². The molecule has 0 spiro atoms. The van der Waals surface area contributed by atoms with Crippen molar-refractivity contribution in [3.05, 3.63) is 52.3 Å². The highest BCUT2D eigenvalue weighted by atomic mass is 79.9. The van der Waals surface area contributed by atoms with Crippen molar-refractivity contribution in [1.82, 2.24) is 9.97 Å². The molecule has 1 heterocycles. The molecule has 0 unspecified atom stereocenters. The van der Waals surface area contributed by atoms with Gasteiger partial charge in [-0.1, -0.05) is 12.1 Å². The van der Waals surface area contributed by atoms with Gasteiger partial charge in [0.2, 0.25) is 0 Å². The van der Waals surface area contributed by atoms with Crippen LogP contribution < -0.4 is 9.47 Å². The normalized spacial score (nSPS) is 11.3. The first-order valence-corrected chi connectivity index (χ1v) is 7.94. The highest BCUT2D eigenvalue weighted by Gasteiger charge is 2.12. The molecule has 0 saturated carbocycles. The Kier molecular flexibility index (Phi) is 4.54. The molecule has 24 heavy (non-hydrogen) atoms. The fourth-order valence-electron chi connectivity index (χ4n) is 2.39. The third kappa shape index (κ3) is 2.99. The number of rotatable bonds is 4. The van der Waals surface area contributed by atoms with E-state index in [1.807, 2.05) is 30.3 Å². The van der Waals surface area contributed by atoms with Crippen LogP contribution >= 0.6 is 15.9 Å². The van der Waals surface area contributed by atoms with E-state index in [1.165, 1.54) is 0 Å². The maximum atomic E-state index is 9.54. The summed E-state index contributed by atoms with van der Waals surface area (Å²) in [7, 11) is 3.16. The maximum Gasteiger partial charge on any atom is 0.149 e. The fraction of sp³-hybridized carbons (Fsp3) is 0.111. The number of fused-ring (bicyclic) bond motifs is 1. The number of para-hydroxylation sites is 2. The second-order valence-electron chi connectivity index (χ2n) is 5.00. The van der Waals surface area contributed by atoms with Gasteiger partial charge >= 0.3 is 0 Å². The van der Waals surface area contributed by atoms with Crippen molar-refractivity contribution in [3.8, 4) is 17.6 Å². The molecule has 5 nitrogen and oxygen atoms in total. The van der Waals surface area contributed by atoms with Gasteiger partial charge in [-0.3, -0.25) is 0 Å². The molecule has 2 aromatic carbocycles. The zero-order valence-electron chi connectivity index (χ0n) is 13.1. The summed E-state index contributed by atoms with van der Waals surface area (Å²) >= 11 is 3.45. The lowest BCUT2D eigenvalue weighted by Crippen LogP contribution is -1.92. The third-order valence-electron chi connectivity index (χ3n) is 3.57. The molecule has 0 saturated heterocycles. The van der Waals surface area contributed by atoms with Crippen LogP contribution in [0.4, 0.5) is 0 Å². The zero-order valence-corrected chi connectivity index (χ0v) is 14.7. The largest absolute Gasteiger partial charge is 0.496 e. The Morgan fingerprint density at radius 3 is 2.62 bits per heavy atom. The van der Waals surface area contributed by atoms with E-state index < -0.39 is 0 Å². The molecule has 0 radical (unpaired) electrons. The Balaban J connectivity index is 2.11. The lowest BCUT2D eigenvalue weighted by Gasteiger charge is -2.10. The third-order valence-corrected chi connectivity index (χ3v) is 4.19. The van der Waals surface area contributed by atoms with Gasteiger partial charge in [-0.15, -0.1) is 0 Å². The quantitative estimate of drug-likeness (QED) is 0.677. The van der Waals surface area contributed by atoms with Gasteiger partial charge in [-0.2, -0.15) is 5.26 Å². The Labute approximate surface area is 147 Å². The van der Waals surface area contributed by atoms with E-state index in [4.69, 9.17) is 9.47 Å². The van der Waals surface area contributed by atoms with Gasteiger partial charge in [0.05, 0.1) is 35.3 Å². The molecule has 120 valence electrons. The van der Waals surface area contributed by atoms with Crippen molar-refractivity contribution in [2.24, 2.45) is 0 Å². The number of methoxy groups -OCH3 is 2. The lowest BCUT2D eigenvalue weighted by molar-refractivity contribution is 0.392. The second-order valence-corrected chi connectivity index (χ2v) is 5.86. The number of imidazole rings is 1. The SMILES string of the molecule is COc1cc(OC)c(/C=C(/C#N)c2nc3ccccc3[nH]2)cc1Br. The Morgan fingerprint density at radius 2 is 1.96 bits per heavy atom. The first-order valence-electron chi connectivity index (χ1n) is 7.14. The number of nitrogens with zero attached hydrogens (tertiary/aromatic N) is 2. The van der Waals surface area contributed by atoms with Crippen molar-refractivity contribution in [2.75, 3.05) is 14.2 Å². The van der Waals surface area contributed by atoms with Crippen LogP contribution in [0, 0.1) is 11.3 Å². The predicted octanol–water partition coefficient (Wildman–Crippen LogP) is 4.41. The smallest absolute Gasteiger partial charge is 0.149 e. The highest BCUT2D eigenvalue weighted by molar-refractivity contribution is 9.10. The number of aromatic amines is 1. The van der Waals surface area contributed by atoms with Crippen molar-refractivity contribution in [2.45, 2.75) is 0 Å². The van der Waals surface area contributed by atoms with E-state index >= 15 is 0 Å². The summed E-state index contributed by atoms with van der Waals surface area (Å²) in [6.45, 7) is 0. The van der Waals surface area contributed by atoms with Crippen LogP contribution in [0.2, 0.25) is 0 Å². The minimum atomic E-state index is 0.418. The van der Waals surface area contributed by atoms with E-state index in [-0.39, 0.29) is 0 Å². The number of aromatic nitrogens is 2. The number of nitriles is 1. The van der Waals surface area contributed by atoms with Crippen LogP contribution in [0.1, 0.15) is 11.4 Å². The van der Waals surface area contributed by atoms with Crippen molar-refractivity contribution in [3.63, 3.8) is 0 Å². The van der Waals surface area contributed by atoms with Gasteiger partial charge in [-0.25, -0.2) is 4.98 Å². The van der Waals surface area contributed by atoms with Crippen LogP contribution in [0.5, 0.6) is 11.5 Å². The number of benzene rings is 2. The molecular formula is C18H14BrN3O2. The Morgan fingerprint density at radius 1 is 1.21 bits per heavy atom. The highest BCUT2D eigenvalue weighted by Crippen LogP contribution is 2.34. The molecule has 0 aliphatic rings. The fourth-order valence-corrected chi connectivity index (χ4v) is 2.91. The van der Waals surface area contributed by atoms with Gasteiger partial charge in [0.25, 0.3) is 0 Å². The van der Waals surface area contributed by atoms with Crippen LogP contribution in [0.15, 0.2) is 40.9 Å². The molecule has 0 fully saturated rings. The van der Waals surface area contributed by atoms with E-state index in [2.05, 4.69) is 32.0 Å². The Bertz CT molecular complexity index is 937. The Hall–Kier alpha value is -2.78. The molecule has 0 aliphatic carbocycles. The molecule has 3 aromatic rings. The van der Waals surface area contributed by atoms with E-state index in [0.717, 1.165) is 21.1 Å². The molecule has 0 amide bonds. The molecule has 0 bridgehead atoms. The van der Waals surface area contributed by atoms with Crippen molar-refractivity contribution >= 4 is 38.6 Å². The summed E-state index contributed by atoms with van der Waals surface area (Å²) in [6, 6.07) is 13.5. The molecule has 3 rings (SSSR count). The van der Waals surface area contributed by atoms with Crippen LogP contribution in [0.3, 0.4) is 0 Å². The van der Waals surface area contributed by atoms with Gasteiger partial charge in [0.15, 0.2) is 0 Å². The van der Waals surface area contributed by atoms with Crippen molar-refractivity contribution < 1.29 is 9.47 Å². The van der Waals surface area contributed by atoms with Crippen LogP contribution in [-0.4, -0.2) is 24.2 Å². The number of hydrogen-bond acceptors (Lipinski definition) is 4.